The highest BCUT2D eigenvalue weighted by Gasteiger charge is 2.09. The zero-order valence-electron chi connectivity index (χ0n) is 9.92. The highest BCUT2D eigenvalue weighted by atomic mass is 35.5. The van der Waals surface area contributed by atoms with Crippen LogP contribution in [0.2, 0.25) is 5.02 Å². The van der Waals surface area contributed by atoms with Crippen molar-refractivity contribution >= 4 is 23.2 Å². The molecule has 1 rings (SSSR count). The minimum absolute atomic E-state index is 0.0547. The predicted octanol–water partition coefficient (Wildman–Crippen LogP) is 3.16. The maximum Gasteiger partial charge on any atom is 0.141 e. The van der Waals surface area contributed by atoms with E-state index in [2.05, 4.69) is 0 Å². The number of alkyl halides is 1. The highest BCUT2D eigenvalue weighted by molar-refractivity contribution is 6.30. The smallest absolute Gasteiger partial charge is 0.141 e. The van der Waals surface area contributed by atoms with Crippen LogP contribution < -0.4 is 0 Å². The molecule has 0 saturated carbocycles. The fraction of sp³-hybridized carbons (Fsp3) is 0.500. The monoisotopic (exact) mass is 279 g/mol. The van der Waals surface area contributed by atoms with Crippen LogP contribution in [-0.4, -0.2) is 37.6 Å². The first-order valence-electron chi connectivity index (χ1n) is 5.28. The van der Waals surface area contributed by atoms with E-state index in [1.54, 1.807) is 19.2 Å². The molecule has 0 aliphatic rings. The Morgan fingerprint density at radius 2 is 2.18 bits per heavy atom. The first-order valence-corrected chi connectivity index (χ1v) is 6.10. The average molecular weight is 280 g/mol. The van der Waals surface area contributed by atoms with Crippen LogP contribution in [-0.2, 0) is 11.3 Å². The van der Waals surface area contributed by atoms with Crippen LogP contribution in [0.5, 0.6) is 0 Å². The third-order valence-electron chi connectivity index (χ3n) is 2.29. The molecule has 17 heavy (non-hydrogen) atoms. The Kier molecular flexibility index (Phi) is 6.20. The summed E-state index contributed by atoms with van der Waals surface area (Å²) in [7, 11) is 3.57. The molecule has 0 aliphatic carbocycles. The second kappa shape index (κ2) is 7.17. The summed E-state index contributed by atoms with van der Waals surface area (Å²) in [5.41, 5.74) is 0.959. The van der Waals surface area contributed by atoms with Gasteiger partial charge in [-0.05, 0) is 24.7 Å². The van der Waals surface area contributed by atoms with Gasteiger partial charge in [0.2, 0.25) is 0 Å². The molecule has 0 radical (unpaired) electrons. The lowest BCUT2D eigenvalue weighted by Crippen LogP contribution is -2.28. The molecule has 96 valence electrons. The molecule has 0 bridgehead atoms. The molecule has 0 aromatic heterocycles. The van der Waals surface area contributed by atoms with Gasteiger partial charge in [0, 0.05) is 20.2 Å². The van der Waals surface area contributed by atoms with Crippen LogP contribution in [0, 0.1) is 5.82 Å². The maximum absolute atomic E-state index is 13.0. The van der Waals surface area contributed by atoms with Crippen LogP contribution in [0.1, 0.15) is 5.56 Å². The van der Waals surface area contributed by atoms with E-state index < -0.39 is 5.82 Å². The summed E-state index contributed by atoms with van der Waals surface area (Å²) in [5, 5.41) is 0.0936. The zero-order valence-corrected chi connectivity index (χ0v) is 11.4. The second-order valence-corrected chi connectivity index (χ2v) is 5.02. The summed E-state index contributed by atoms with van der Waals surface area (Å²) in [4.78, 5) is 2.04. The Bertz CT molecular complexity index is 362. The maximum atomic E-state index is 13.0. The van der Waals surface area contributed by atoms with Gasteiger partial charge in [0.1, 0.15) is 5.82 Å². The predicted molar refractivity (Wildman–Crippen MR) is 69.3 cm³/mol. The number of rotatable bonds is 6. The molecule has 2 nitrogen and oxygen atoms in total. The molecule has 0 fully saturated rings. The lowest BCUT2D eigenvalue weighted by molar-refractivity contribution is 0.181. The van der Waals surface area contributed by atoms with E-state index in [9.17, 15) is 4.39 Å². The van der Waals surface area contributed by atoms with Crippen molar-refractivity contribution in [1.82, 2.24) is 4.90 Å². The van der Waals surface area contributed by atoms with E-state index in [4.69, 9.17) is 27.9 Å². The fourth-order valence-corrected chi connectivity index (χ4v) is 2.15. The summed E-state index contributed by atoms with van der Waals surface area (Å²) >= 11 is 11.8. The normalized spacial score (nSPS) is 13.1. The van der Waals surface area contributed by atoms with Crippen LogP contribution in [0.15, 0.2) is 18.2 Å². The molecule has 0 spiro atoms. The van der Waals surface area contributed by atoms with Gasteiger partial charge in [-0.2, -0.15) is 0 Å². The summed E-state index contributed by atoms with van der Waals surface area (Å²) in [6, 6.07) is 4.73. The van der Waals surface area contributed by atoms with Gasteiger partial charge in [-0.3, -0.25) is 0 Å². The minimum Gasteiger partial charge on any atom is -0.383 e. The van der Waals surface area contributed by atoms with E-state index >= 15 is 0 Å². The lowest BCUT2D eigenvalue weighted by Gasteiger charge is -2.19. The third kappa shape index (κ3) is 5.21. The number of hydrogen-bond donors (Lipinski definition) is 0. The molecule has 0 amide bonds. The summed E-state index contributed by atoms with van der Waals surface area (Å²) in [6.07, 6.45) is 0. The molecule has 1 aromatic rings. The van der Waals surface area contributed by atoms with Crippen molar-refractivity contribution in [3.8, 4) is 0 Å². The van der Waals surface area contributed by atoms with Crippen molar-refractivity contribution in [3.05, 3.63) is 34.6 Å². The lowest BCUT2D eigenvalue weighted by atomic mass is 10.2. The van der Waals surface area contributed by atoms with E-state index in [-0.39, 0.29) is 10.4 Å². The molecular formula is C12H16Cl2FNO. The van der Waals surface area contributed by atoms with Crippen LogP contribution in [0.25, 0.3) is 0 Å². The van der Waals surface area contributed by atoms with E-state index in [0.29, 0.717) is 19.7 Å². The number of hydrogen-bond acceptors (Lipinski definition) is 2. The van der Waals surface area contributed by atoms with E-state index in [1.165, 1.54) is 6.07 Å². The Labute approximate surface area is 111 Å². The summed E-state index contributed by atoms with van der Waals surface area (Å²) in [6.45, 7) is 1.88. The van der Waals surface area contributed by atoms with E-state index in [1.807, 2.05) is 11.9 Å². The third-order valence-corrected chi connectivity index (χ3v) is 2.85. The van der Waals surface area contributed by atoms with E-state index in [0.717, 1.165) is 5.56 Å². The standard InChI is InChI=1S/C12H16Cl2FNO/c1-16(7-10(13)8-17-2)6-9-3-4-12(15)11(14)5-9/h3-5,10H,6-8H2,1-2H3. The molecule has 1 unspecified atom stereocenters. The minimum atomic E-state index is -0.396. The number of nitrogens with zero attached hydrogens (tertiary/aromatic N) is 1. The number of methoxy groups -OCH3 is 1. The molecule has 0 heterocycles. The zero-order chi connectivity index (χ0) is 12.8. The van der Waals surface area contributed by atoms with Gasteiger partial charge in [-0.15, -0.1) is 11.6 Å². The largest absolute Gasteiger partial charge is 0.383 e. The Morgan fingerprint density at radius 3 is 2.76 bits per heavy atom. The van der Waals surface area contributed by atoms with Crippen LogP contribution in [0.4, 0.5) is 4.39 Å². The van der Waals surface area contributed by atoms with Crippen molar-refractivity contribution < 1.29 is 9.13 Å². The Hall–Kier alpha value is -0.350. The fourth-order valence-electron chi connectivity index (χ4n) is 1.59. The number of ether oxygens (including phenoxy) is 1. The highest BCUT2D eigenvalue weighted by Crippen LogP contribution is 2.17. The molecular weight excluding hydrogens is 264 g/mol. The first kappa shape index (κ1) is 14.7. The second-order valence-electron chi connectivity index (χ2n) is 4.00. The molecule has 0 saturated heterocycles. The van der Waals surface area contributed by atoms with Crippen molar-refractivity contribution in [2.45, 2.75) is 11.9 Å². The van der Waals surface area contributed by atoms with Gasteiger partial charge >= 0.3 is 0 Å². The molecule has 0 N–H and O–H groups in total. The van der Waals surface area contributed by atoms with Crippen molar-refractivity contribution in [3.63, 3.8) is 0 Å². The molecule has 1 aromatic carbocycles. The van der Waals surface area contributed by atoms with Crippen LogP contribution >= 0.6 is 23.2 Å². The Morgan fingerprint density at radius 1 is 1.47 bits per heavy atom. The van der Waals surface area contributed by atoms with Crippen molar-refractivity contribution in [1.29, 1.82) is 0 Å². The molecule has 5 heteroatoms. The number of benzene rings is 1. The van der Waals surface area contributed by atoms with Crippen LogP contribution in [0.3, 0.4) is 0 Å². The quantitative estimate of drug-likeness (QED) is 0.742. The van der Waals surface area contributed by atoms with Gasteiger partial charge in [0.05, 0.1) is 17.0 Å². The van der Waals surface area contributed by atoms with Gasteiger partial charge < -0.3 is 9.64 Å². The molecule has 0 aliphatic heterocycles. The van der Waals surface area contributed by atoms with Crippen molar-refractivity contribution in [2.24, 2.45) is 0 Å². The summed E-state index contributed by atoms with van der Waals surface area (Å²) in [5.74, 6) is -0.396. The topological polar surface area (TPSA) is 12.5 Å². The first-order chi connectivity index (χ1) is 8.02. The van der Waals surface area contributed by atoms with Crippen molar-refractivity contribution in [2.75, 3.05) is 27.3 Å². The van der Waals surface area contributed by atoms with Gasteiger partial charge in [0.25, 0.3) is 0 Å². The van der Waals surface area contributed by atoms with Gasteiger partial charge in [-0.25, -0.2) is 4.39 Å². The SMILES string of the molecule is COCC(Cl)CN(C)Cc1ccc(F)c(Cl)c1. The van der Waals surface area contributed by atoms with Gasteiger partial charge in [-0.1, -0.05) is 17.7 Å². The number of halogens is 3. The average Bonchev–Trinajstić information content (AvgIpc) is 2.23. The Balaban J connectivity index is 2.50. The molecule has 1 atom stereocenters. The summed E-state index contributed by atoms with van der Waals surface area (Å²) < 4.78 is 17.9. The van der Waals surface area contributed by atoms with Gasteiger partial charge in [0.15, 0.2) is 0 Å².